The molecule has 1 atom stereocenters. The van der Waals surface area contributed by atoms with Gasteiger partial charge in [-0.25, -0.2) is 0 Å². The molecular weight excluding hydrogens is 350 g/mol. The van der Waals surface area contributed by atoms with E-state index in [-0.39, 0.29) is 17.6 Å². The average Bonchev–Trinajstić information content (AvgIpc) is 3.42. The number of ether oxygens (including phenoxy) is 1. The number of amides is 1. The SMILES string of the molecule is Cc1cc(/C=C(\C#N)C(=O)N2CCc3ccccc32)c(C)n1C[C@@H]1CCCO1. The molecule has 0 saturated carbocycles. The van der Waals surface area contributed by atoms with Gasteiger partial charge in [0.25, 0.3) is 5.91 Å². The average molecular weight is 375 g/mol. The molecule has 4 rings (SSSR count). The summed E-state index contributed by atoms with van der Waals surface area (Å²) < 4.78 is 8.00. The van der Waals surface area contributed by atoms with Gasteiger partial charge in [0.15, 0.2) is 0 Å². The van der Waals surface area contributed by atoms with Gasteiger partial charge in [0.1, 0.15) is 11.6 Å². The lowest BCUT2D eigenvalue weighted by molar-refractivity contribution is -0.114. The molecule has 0 unspecified atom stereocenters. The normalized spacial score (nSPS) is 19.0. The minimum atomic E-state index is -0.226. The Kier molecular flexibility index (Phi) is 5.06. The summed E-state index contributed by atoms with van der Waals surface area (Å²) in [6.45, 7) is 6.37. The van der Waals surface area contributed by atoms with Crippen LogP contribution < -0.4 is 4.90 Å². The number of anilines is 1. The van der Waals surface area contributed by atoms with Crippen molar-refractivity contribution >= 4 is 17.7 Å². The number of hydrogen-bond donors (Lipinski definition) is 0. The number of fused-ring (bicyclic) bond motifs is 1. The first-order valence-corrected chi connectivity index (χ1v) is 9.88. The van der Waals surface area contributed by atoms with E-state index in [4.69, 9.17) is 4.74 Å². The second kappa shape index (κ2) is 7.65. The minimum Gasteiger partial charge on any atom is -0.376 e. The van der Waals surface area contributed by atoms with Crippen LogP contribution in [0.2, 0.25) is 0 Å². The van der Waals surface area contributed by atoms with Crippen molar-refractivity contribution in [3.05, 3.63) is 58.4 Å². The lowest BCUT2D eigenvalue weighted by Crippen LogP contribution is -2.29. The maximum Gasteiger partial charge on any atom is 0.268 e. The molecule has 3 heterocycles. The van der Waals surface area contributed by atoms with Crippen molar-refractivity contribution in [2.45, 2.75) is 45.8 Å². The first kappa shape index (κ1) is 18.5. The molecule has 0 bridgehead atoms. The Labute approximate surface area is 165 Å². The lowest BCUT2D eigenvalue weighted by atomic mass is 10.1. The van der Waals surface area contributed by atoms with Gasteiger partial charge in [-0.2, -0.15) is 5.26 Å². The fourth-order valence-corrected chi connectivity index (χ4v) is 4.24. The van der Waals surface area contributed by atoms with Gasteiger partial charge in [0, 0.05) is 36.8 Å². The Morgan fingerprint density at radius 3 is 2.93 bits per heavy atom. The number of nitriles is 1. The maximum atomic E-state index is 13.0. The molecule has 2 aliphatic rings. The monoisotopic (exact) mass is 375 g/mol. The summed E-state index contributed by atoms with van der Waals surface area (Å²) >= 11 is 0. The molecule has 0 N–H and O–H groups in total. The molecule has 0 aliphatic carbocycles. The second-order valence-corrected chi connectivity index (χ2v) is 7.58. The Bertz CT molecular complexity index is 974. The number of aryl methyl sites for hydroxylation is 1. The molecule has 1 fully saturated rings. The molecule has 144 valence electrons. The van der Waals surface area contributed by atoms with Crippen LogP contribution in [0.5, 0.6) is 0 Å². The van der Waals surface area contributed by atoms with Crippen molar-refractivity contribution in [1.82, 2.24) is 4.57 Å². The Balaban J connectivity index is 1.60. The third-order valence-electron chi connectivity index (χ3n) is 5.81. The van der Waals surface area contributed by atoms with E-state index in [9.17, 15) is 10.1 Å². The van der Waals surface area contributed by atoms with E-state index < -0.39 is 0 Å². The highest BCUT2D eigenvalue weighted by molar-refractivity contribution is 6.12. The topological polar surface area (TPSA) is 58.3 Å². The number of carbonyl (C=O) groups excluding carboxylic acids is 1. The maximum absolute atomic E-state index is 13.0. The largest absolute Gasteiger partial charge is 0.376 e. The molecule has 2 aliphatic heterocycles. The third-order valence-corrected chi connectivity index (χ3v) is 5.81. The zero-order valence-electron chi connectivity index (χ0n) is 16.4. The first-order chi connectivity index (χ1) is 13.6. The molecular formula is C23H25N3O2. The standard InChI is InChI=1S/C23H25N3O2/c1-16-12-19(17(2)26(16)15-21-7-5-11-28-21)13-20(14-24)23(27)25-10-9-18-6-3-4-8-22(18)25/h3-4,6,8,12-13,21H,5,7,9-11,15H2,1-2H3/b20-13+/t21-/m0/s1. The van der Waals surface area contributed by atoms with E-state index in [1.54, 1.807) is 11.0 Å². The van der Waals surface area contributed by atoms with E-state index in [2.05, 4.69) is 17.6 Å². The van der Waals surface area contributed by atoms with Crippen molar-refractivity contribution in [3.8, 4) is 6.07 Å². The van der Waals surface area contributed by atoms with Crippen LogP contribution in [0.15, 0.2) is 35.9 Å². The predicted octanol–water partition coefficient (Wildman–Crippen LogP) is 3.78. The van der Waals surface area contributed by atoms with E-state index in [0.717, 1.165) is 60.6 Å². The number of carbonyl (C=O) groups is 1. The highest BCUT2D eigenvalue weighted by atomic mass is 16.5. The number of para-hydroxylation sites is 1. The van der Waals surface area contributed by atoms with Gasteiger partial charge in [-0.1, -0.05) is 18.2 Å². The van der Waals surface area contributed by atoms with Gasteiger partial charge < -0.3 is 14.2 Å². The number of rotatable bonds is 4. The fourth-order valence-electron chi connectivity index (χ4n) is 4.24. The van der Waals surface area contributed by atoms with Gasteiger partial charge in [0.2, 0.25) is 0 Å². The summed E-state index contributed by atoms with van der Waals surface area (Å²) in [4.78, 5) is 14.8. The van der Waals surface area contributed by atoms with E-state index in [1.165, 1.54) is 0 Å². The van der Waals surface area contributed by atoms with Crippen LogP contribution >= 0.6 is 0 Å². The molecule has 1 amide bonds. The van der Waals surface area contributed by atoms with Gasteiger partial charge in [-0.3, -0.25) is 4.79 Å². The van der Waals surface area contributed by atoms with Crippen LogP contribution in [-0.4, -0.2) is 29.7 Å². The summed E-state index contributed by atoms with van der Waals surface area (Å²) in [7, 11) is 0. The van der Waals surface area contributed by atoms with E-state index in [1.807, 2.05) is 37.3 Å². The van der Waals surface area contributed by atoms with Gasteiger partial charge in [0.05, 0.1) is 6.10 Å². The van der Waals surface area contributed by atoms with Crippen molar-refractivity contribution in [2.75, 3.05) is 18.1 Å². The summed E-state index contributed by atoms with van der Waals surface area (Å²) in [5.41, 5.74) is 5.35. The molecule has 0 radical (unpaired) electrons. The molecule has 5 nitrogen and oxygen atoms in total. The zero-order valence-corrected chi connectivity index (χ0v) is 16.4. The molecule has 1 aromatic carbocycles. The number of aromatic nitrogens is 1. The smallest absolute Gasteiger partial charge is 0.268 e. The van der Waals surface area contributed by atoms with Crippen LogP contribution in [0.3, 0.4) is 0 Å². The minimum absolute atomic E-state index is 0.175. The lowest BCUT2D eigenvalue weighted by Gasteiger charge is -2.16. The molecule has 0 spiro atoms. The first-order valence-electron chi connectivity index (χ1n) is 9.88. The third kappa shape index (κ3) is 3.36. The molecule has 28 heavy (non-hydrogen) atoms. The van der Waals surface area contributed by atoms with Crippen LogP contribution in [0, 0.1) is 25.2 Å². The molecule has 1 saturated heterocycles. The quantitative estimate of drug-likeness (QED) is 0.604. The molecule has 2 aromatic rings. The summed E-state index contributed by atoms with van der Waals surface area (Å²) in [6.07, 6.45) is 5.01. The highest BCUT2D eigenvalue weighted by Gasteiger charge is 2.27. The predicted molar refractivity (Wildman–Crippen MR) is 109 cm³/mol. The van der Waals surface area contributed by atoms with Crippen LogP contribution in [0.1, 0.15) is 35.4 Å². The Morgan fingerprint density at radius 2 is 2.18 bits per heavy atom. The summed E-state index contributed by atoms with van der Waals surface area (Å²) in [6, 6.07) is 12.1. The van der Waals surface area contributed by atoms with Crippen LogP contribution in [-0.2, 0) is 22.5 Å². The summed E-state index contributed by atoms with van der Waals surface area (Å²) in [5.74, 6) is -0.226. The van der Waals surface area contributed by atoms with Crippen LogP contribution in [0.4, 0.5) is 5.69 Å². The zero-order chi connectivity index (χ0) is 19.7. The highest BCUT2D eigenvalue weighted by Crippen LogP contribution is 2.29. The Hall–Kier alpha value is -2.84. The second-order valence-electron chi connectivity index (χ2n) is 7.58. The fraction of sp³-hybridized carbons (Fsp3) is 0.391. The number of hydrogen-bond acceptors (Lipinski definition) is 3. The molecule has 1 aromatic heterocycles. The van der Waals surface area contributed by atoms with Gasteiger partial charge >= 0.3 is 0 Å². The van der Waals surface area contributed by atoms with Gasteiger partial charge in [-0.15, -0.1) is 0 Å². The van der Waals surface area contributed by atoms with Crippen molar-refractivity contribution < 1.29 is 9.53 Å². The summed E-state index contributed by atoms with van der Waals surface area (Å²) in [5, 5.41) is 9.67. The van der Waals surface area contributed by atoms with Crippen molar-refractivity contribution in [1.29, 1.82) is 5.26 Å². The van der Waals surface area contributed by atoms with E-state index in [0.29, 0.717) is 6.54 Å². The Morgan fingerprint density at radius 1 is 1.36 bits per heavy atom. The molecule has 5 heteroatoms. The van der Waals surface area contributed by atoms with Crippen molar-refractivity contribution in [2.24, 2.45) is 0 Å². The van der Waals surface area contributed by atoms with E-state index >= 15 is 0 Å². The number of nitrogens with zero attached hydrogens (tertiary/aromatic N) is 3. The van der Waals surface area contributed by atoms with Gasteiger partial charge in [-0.05, 0) is 62.4 Å². The van der Waals surface area contributed by atoms with Crippen molar-refractivity contribution in [3.63, 3.8) is 0 Å². The van der Waals surface area contributed by atoms with Crippen LogP contribution in [0.25, 0.3) is 6.08 Å². The number of benzene rings is 1.